The molecule has 15 heavy (non-hydrogen) atoms. The molecule has 1 heterocycles. The van der Waals surface area contributed by atoms with Gasteiger partial charge in [0.25, 0.3) is 0 Å². The maximum absolute atomic E-state index is 11.4. The van der Waals surface area contributed by atoms with E-state index in [4.69, 9.17) is 14.2 Å². The highest BCUT2D eigenvalue weighted by Crippen LogP contribution is 2.21. The fourth-order valence-corrected chi connectivity index (χ4v) is 1.24. The summed E-state index contributed by atoms with van der Waals surface area (Å²) in [5.41, 5.74) is 0. The van der Waals surface area contributed by atoms with E-state index in [1.165, 1.54) is 0 Å². The van der Waals surface area contributed by atoms with Gasteiger partial charge in [-0.25, -0.2) is 0 Å². The molecule has 0 bridgehead atoms. The van der Waals surface area contributed by atoms with Crippen molar-refractivity contribution in [3.63, 3.8) is 0 Å². The summed E-state index contributed by atoms with van der Waals surface area (Å²) in [5.74, 6) is -1.88. The number of hydrogen-bond donors (Lipinski definition) is 0. The molecule has 5 heteroatoms. The third kappa shape index (κ3) is 3.87. The van der Waals surface area contributed by atoms with E-state index in [1.807, 2.05) is 0 Å². The Balaban J connectivity index is 2.49. The van der Waals surface area contributed by atoms with E-state index in [9.17, 15) is 9.59 Å². The van der Waals surface area contributed by atoms with E-state index in [-0.39, 0.29) is 19.3 Å². The van der Waals surface area contributed by atoms with E-state index in [2.05, 4.69) is 0 Å². The van der Waals surface area contributed by atoms with Crippen molar-refractivity contribution in [1.29, 1.82) is 0 Å². The summed E-state index contributed by atoms with van der Waals surface area (Å²) >= 11 is 0. The third-order valence-corrected chi connectivity index (χ3v) is 2.04. The number of rotatable bonds is 6. The van der Waals surface area contributed by atoms with Gasteiger partial charge in [-0.15, -0.1) is 0 Å². The maximum atomic E-state index is 11.4. The third-order valence-electron chi connectivity index (χ3n) is 2.04. The molecule has 0 aromatic heterocycles. The van der Waals surface area contributed by atoms with Crippen LogP contribution in [0.1, 0.15) is 20.3 Å². The predicted octanol–water partition coefficient (Wildman–Crippen LogP) is 0.518. The van der Waals surface area contributed by atoms with Crippen molar-refractivity contribution < 1.29 is 23.8 Å². The molecule has 1 unspecified atom stereocenters. The molecule has 86 valence electrons. The van der Waals surface area contributed by atoms with Gasteiger partial charge in [-0.3, -0.25) is 9.59 Å². The molecule has 0 amide bonds. The van der Waals surface area contributed by atoms with Crippen LogP contribution in [0, 0.1) is 5.92 Å². The van der Waals surface area contributed by atoms with Crippen LogP contribution in [-0.2, 0) is 23.8 Å². The fourth-order valence-electron chi connectivity index (χ4n) is 1.24. The Bertz CT molecular complexity index is 216. The average molecular weight is 216 g/mol. The van der Waals surface area contributed by atoms with Crippen LogP contribution < -0.4 is 0 Å². The Morgan fingerprint density at radius 3 is 2.07 bits per heavy atom. The van der Waals surface area contributed by atoms with Crippen LogP contribution in [0.2, 0.25) is 0 Å². The highest BCUT2D eigenvalue weighted by atomic mass is 16.6. The quantitative estimate of drug-likeness (QED) is 0.368. The molecule has 0 aromatic carbocycles. The summed E-state index contributed by atoms with van der Waals surface area (Å²) in [7, 11) is 0. The second-order valence-corrected chi connectivity index (χ2v) is 3.25. The first-order valence-electron chi connectivity index (χ1n) is 5.13. The molecule has 5 nitrogen and oxygen atoms in total. The molecule has 1 fully saturated rings. The van der Waals surface area contributed by atoms with Crippen molar-refractivity contribution in [1.82, 2.24) is 0 Å². The summed E-state index contributed by atoms with van der Waals surface area (Å²) in [6, 6.07) is 0. The van der Waals surface area contributed by atoms with Crippen LogP contribution in [0.3, 0.4) is 0 Å². The highest BCUT2D eigenvalue weighted by Gasteiger charge is 2.36. The molecular formula is C10H16O5. The van der Waals surface area contributed by atoms with Crippen molar-refractivity contribution in [2.24, 2.45) is 5.92 Å². The van der Waals surface area contributed by atoms with Crippen LogP contribution in [0.5, 0.6) is 0 Å². The summed E-state index contributed by atoms with van der Waals surface area (Å²) in [6.07, 6.45) is 0.362. The van der Waals surface area contributed by atoms with Gasteiger partial charge in [0.05, 0.1) is 25.9 Å². The number of ether oxygens (including phenoxy) is 3. The molecule has 0 aromatic rings. The number of carbonyl (C=O) groups excluding carboxylic acids is 2. The number of epoxide rings is 1. The predicted molar refractivity (Wildman–Crippen MR) is 51.1 cm³/mol. The lowest BCUT2D eigenvalue weighted by Gasteiger charge is -2.12. The lowest BCUT2D eigenvalue weighted by atomic mass is 10.0. The first-order valence-corrected chi connectivity index (χ1v) is 5.13. The largest absolute Gasteiger partial charge is 0.465 e. The lowest BCUT2D eigenvalue weighted by molar-refractivity contribution is -0.162. The van der Waals surface area contributed by atoms with Crippen molar-refractivity contribution in [2.45, 2.75) is 26.4 Å². The molecule has 0 N–H and O–H groups in total. The molecule has 1 aliphatic rings. The van der Waals surface area contributed by atoms with E-state index < -0.39 is 17.9 Å². The van der Waals surface area contributed by atoms with Gasteiger partial charge in [-0.2, -0.15) is 0 Å². The van der Waals surface area contributed by atoms with E-state index >= 15 is 0 Å². The smallest absolute Gasteiger partial charge is 0.320 e. The SMILES string of the molecule is CCOC(=O)C(CC1CO1)C(=O)OCC. The molecule has 1 saturated heterocycles. The molecule has 1 atom stereocenters. The Morgan fingerprint density at radius 2 is 1.73 bits per heavy atom. The number of carbonyl (C=O) groups is 2. The molecule has 1 aliphatic heterocycles. The van der Waals surface area contributed by atoms with Crippen molar-refractivity contribution in [3.8, 4) is 0 Å². The minimum atomic E-state index is -0.836. The second-order valence-electron chi connectivity index (χ2n) is 3.25. The Morgan fingerprint density at radius 1 is 1.27 bits per heavy atom. The summed E-state index contributed by atoms with van der Waals surface area (Å²) in [5, 5.41) is 0. The van der Waals surface area contributed by atoms with Crippen LogP contribution >= 0.6 is 0 Å². The zero-order valence-electron chi connectivity index (χ0n) is 9.02. The van der Waals surface area contributed by atoms with E-state index in [0.29, 0.717) is 13.0 Å². The zero-order chi connectivity index (χ0) is 11.3. The van der Waals surface area contributed by atoms with Gasteiger partial charge in [-0.05, 0) is 20.3 Å². The van der Waals surface area contributed by atoms with Crippen molar-refractivity contribution in [2.75, 3.05) is 19.8 Å². The Labute approximate surface area is 88.7 Å². The lowest BCUT2D eigenvalue weighted by Crippen LogP contribution is -2.29. The average Bonchev–Trinajstić information content (AvgIpc) is 2.98. The second kappa shape index (κ2) is 5.70. The van der Waals surface area contributed by atoms with E-state index in [0.717, 1.165) is 0 Å². The van der Waals surface area contributed by atoms with Crippen LogP contribution in [-0.4, -0.2) is 37.9 Å². The van der Waals surface area contributed by atoms with Crippen molar-refractivity contribution in [3.05, 3.63) is 0 Å². The summed E-state index contributed by atoms with van der Waals surface area (Å²) in [6.45, 7) is 4.54. The van der Waals surface area contributed by atoms with Crippen molar-refractivity contribution >= 4 is 11.9 Å². The monoisotopic (exact) mass is 216 g/mol. The van der Waals surface area contributed by atoms with E-state index in [1.54, 1.807) is 13.8 Å². The molecule has 0 aliphatic carbocycles. The minimum absolute atomic E-state index is 0.00353. The summed E-state index contributed by atoms with van der Waals surface area (Å²) in [4.78, 5) is 22.9. The normalized spacial score (nSPS) is 18.7. The Kier molecular flexibility index (Phi) is 4.55. The van der Waals surface area contributed by atoms with Gasteiger partial charge >= 0.3 is 11.9 Å². The van der Waals surface area contributed by atoms with Gasteiger partial charge in [-0.1, -0.05) is 0 Å². The molecule has 0 radical (unpaired) electrons. The standard InChI is InChI=1S/C10H16O5/c1-3-13-9(11)8(5-7-6-15-7)10(12)14-4-2/h7-8H,3-6H2,1-2H3. The Hall–Kier alpha value is -1.10. The first kappa shape index (κ1) is 12.0. The molecule has 1 rings (SSSR count). The van der Waals surface area contributed by atoms with Gasteiger partial charge in [0.15, 0.2) is 5.92 Å². The topological polar surface area (TPSA) is 65.1 Å². The maximum Gasteiger partial charge on any atom is 0.320 e. The number of hydrogen-bond acceptors (Lipinski definition) is 5. The van der Waals surface area contributed by atoms with Gasteiger partial charge < -0.3 is 14.2 Å². The molecule has 0 saturated carbocycles. The van der Waals surface area contributed by atoms with Gasteiger partial charge in [0.2, 0.25) is 0 Å². The zero-order valence-corrected chi connectivity index (χ0v) is 9.02. The first-order chi connectivity index (χ1) is 7.19. The molecular weight excluding hydrogens is 200 g/mol. The minimum Gasteiger partial charge on any atom is -0.465 e. The highest BCUT2D eigenvalue weighted by molar-refractivity contribution is 5.94. The van der Waals surface area contributed by atoms with Gasteiger partial charge in [0.1, 0.15) is 0 Å². The number of esters is 2. The van der Waals surface area contributed by atoms with Gasteiger partial charge in [0, 0.05) is 0 Å². The molecule has 0 spiro atoms. The summed E-state index contributed by atoms with van der Waals surface area (Å²) < 4.78 is 14.6. The fraction of sp³-hybridized carbons (Fsp3) is 0.800. The van der Waals surface area contributed by atoms with Crippen LogP contribution in [0.4, 0.5) is 0 Å². The van der Waals surface area contributed by atoms with Crippen LogP contribution in [0.25, 0.3) is 0 Å². The van der Waals surface area contributed by atoms with Crippen LogP contribution in [0.15, 0.2) is 0 Å².